The number of unbranched alkanes of at least 4 members (excludes halogenated alkanes) is 1. The molecule has 0 heterocycles. The number of ether oxygens (including phenoxy) is 1. The molecule has 0 aliphatic rings. The zero-order chi connectivity index (χ0) is 17.8. The number of aliphatic imine (C=N–C) groups is 1. The molecule has 0 aliphatic carbocycles. The molecular formula is C19H34IN3OS. The number of hydrogen-bond acceptors (Lipinski definition) is 3. The second-order valence-corrected chi connectivity index (χ2v) is 7.09. The van der Waals surface area contributed by atoms with Crippen molar-refractivity contribution in [1.29, 1.82) is 0 Å². The normalized spacial score (nSPS) is 11.2. The highest BCUT2D eigenvalue weighted by atomic mass is 127. The smallest absolute Gasteiger partial charge is 0.191 e. The molecule has 0 radical (unpaired) electrons. The minimum absolute atomic E-state index is 0. The van der Waals surface area contributed by atoms with Gasteiger partial charge in [0.2, 0.25) is 0 Å². The van der Waals surface area contributed by atoms with Crippen LogP contribution in [0, 0.1) is 6.92 Å². The molecule has 0 atom stereocenters. The summed E-state index contributed by atoms with van der Waals surface area (Å²) in [4.78, 5) is 4.71. The molecule has 0 saturated heterocycles. The van der Waals surface area contributed by atoms with Crippen molar-refractivity contribution < 1.29 is 4.74 Å². The van der Waals surface area contributed by atoms with E-state index in [0.29, 0.717) is 6.54 Å². The third kappa shape index (κ3) is 10.8. The first-order valence-electron chi connectivity index (χ1n) is 8.84. The molecule has 0 aliphatic heterocycles. The van der Waals surface area contributed by atoms with Gasteiger partial charge in [-0.05, 0) is 64.2 Å². The average molecular weight is 479 g/mol. The lowest BCUT2D eigenvalue weighted by molar-refractivity contribution is 0.240. The molecule has 2 N–H and O–H groups in total. The third-order valence-corrected chi connectivity index (χ3v) is 4.10. The van der Waals surface area contributed by atoms with Gasteiger partial charge < -0.3 is 15.4 Å². The van der Waals surface area contributed by atoms with Crippen molar-refractivity contribution in [1.82, 2.24) is 10.6 Å². The Morgan fingerprint density at radius 3 is 2.64 bits per heavy atom. The number of rotatable bonds is 10. The zero-order valence-corrected chi connectivity index (χ0v) is 19.4. The number of nitrogens with one attached hydrogen (secondary N) is 2. The van der Waals surface area contributed by atoms with Crippen LogP contribution in [-0.2, 0) is 6.54 Å². The summed E-state index contributed by atoms with van der Waals surface area (Å²) in [7, 11) is 0. The molecule has 0 aromatic heterocycles. The van der Waals surface area contributed by atoms with Crippen LogP contribution in [0.5, 0.6) is 5.75 Å². The fraction of sp³-hybridized carbons (Fsp3) is 0.632. The van der Waals surface area contributed by atoms with E-state index in [1.165, 1.54) is 17.7 Å². The van der Waals surface area contributed by atoms with Crippen molar-refractivity contribution >= 4 is 41.7 Å². The lowest BCUT2D eigenvalue weighted by Crippen LogP contribution is -2.37. The molecule has 1 aromatic carbocycles. The van der Waals surface area contributed by atoms with Crippen LogP contribution in [0.1, 0.15) is 44.7 Å². The van der Waals surface area contributed by atoms with Crippen LogP contribution >= 0.6 is 35.7 Å². The highest BCUT2D eigenvalue weighted by Gasteiger charge is 2.06. The van der Waals surface area contributed by atoms with E-state index >= 15 is 0 Å². The Morgan fingerprint density at radius 2 is 2.00 bits per heavy atom. The van der Waals surface area contributed by atoms with E-state index in [0.717, 1.165) is 36.8 Å². The molecule has 0 saturated carbocycles. The summed E-state index contributed by atoms with van der Waals surface area (Å²) < 4.78 is 5.93. The number of hydrogen-bond donors (Lipinski definition) is 2. The predicted octanol–water partition coefficient (Wildman–Crippen LogP) is 4.60. The fourth-order valence-electron chi connectivity index (χ4n) is 2.24. The highest BCUT2D eigenvalue weighted by Crippen LogP contribution is 2.22. The topological polar surface area (TPSA) is 45.7 Å². The minimum Gasteiger partial charge on any atom is -0.491 e. The molecule has 144 valence electrons. The molecule has 4 nitrogen and oxygen atoms in total. The van der Waals surface area contributed by atoms with Gasteiger partial charge >= 0.3 is 0 Å². The quantitative estimate of drug-likeness (QED) is 0.223. The molecule has 0 unspecified atom stereocenters. The van der Waals surface area contributed by atoms with Gasteiger partial charge in [0.25, 0.3) is 0 Å². The second-order valence-electron chi connectivity index (χ2n) is 6.10. The summed E-state index contributed by atoms with van der Waals surface area (Å²) in [5, 5.41) is 6.72. The van der Waals surface area contributed by atoms with Crippen LogP contribution in [0.3, 0.4) is 0 Å². The maximum atomic E-state index is 5.93. The highest BCUT2D eigenvalue weighted by molar-refractivity contribution is 14.0. The SMILES string of the molecule is CCNC(=NCc1ccc(C)cc1OC(C)C)NCCCCSC.I. The van der Waals surface area contributed by atoms with E-state index in [1.54, 1.807) is 0 Å². The van der Waals surface area contributed by atoms with Gasteiger partial charge in [-0.15, -0.1) is 24.0 Å². The molecule has 0 bridgehead atoms. The van der Waals surface area contributed by atoms with Gasteiger partial charge in [-0.3, -0.25) is 0 Å². The number of benzene rings is 1. The summed E-state index contributed by atoms with van der Waals surface area (Å²) >= 11 is 1.90. The monoisotopic (exact) mass is 479 g/mol. The lowest BCUT2D eigenvalue weighted by Gasteiger charge is -2.15. The molecule has 25 heavy (non-hydrogen) atoms. The summed E-state index contributed by atoms with van der Waals surface area (Å²) in [6, 6.07) is 6.31. The van der Waals surface area contributed by atoms with Crippen LogP contribution in [0.25, 0.3) is 0 Å². The Bertz CT molecular complexity index is 509. The van der Waals surface area contributed by atoms with E-state index in [9.17, 15) is 0 Å². The van der Waals surface area contributed by atoms with Crippen molar-refractivity contribution in [3.63, 3.8) is 0 Å². The molecule has 1 rings (SSSR count). The van der Waals surface area contributed by atoms with Gasteiger partial charge in [0.1, 0.15) is 5.75 Å². The van der Waals surface area contributed by atoms with Gasteiger partial charge in [-0.25, -0.2) is 4.99 Å². The minimum atomic E-state index is 0. The summed E-state index contributed by atoms with van der Waals surface area (Å²) in [5.74, 6) is 3.02. The standard InChI is InChI=1S/C19H33N3OS.HI/c1-6-20-19(21-11-7-8-12-24-5)22-14-17-10-9-16(4)13-18(17)23-15(2)3;/h9-10,13,15H,6-8,11-12,14H2,1-5H3,(H2,20,21,22);1H. The van der Waals surface area contributed by atoms with Crippen LogP contribution in [0.15, 0.2) is 23.2 Å². The molecule has 6 heteroatoms. The van der Waals surface area contributed by atoms with Crippen molar-refractivity contribution in [2.45, 2.75) is 53.2 Å². The first-order valence-corrected chi connectivity index (χ1v) is 10.2. The van der Waals surface area contributed by atoms with Crippen LogP contribution < -0.4 is 15.4 Å². The van der Waals surface area contributed by atoms with Crippen molar-refractivity contribution in [2.24, 2.45) is 4.99 Å². The number of halogens is 1. The molecule has 1 aromatic rings. The van der Waals surface area contributed by atoms with Gasteiger partial charge in [0, 0.05) is 18.7 Å². The van der Waals surface area contributed by atoms with Crippen molar-refractivity contribution in [3.05, 3.63) is 29.3 Å². The van der Waals surface area contributed by atoms with E-state index in [1.807, 2.05) is 11.8 Å². The zero-order valence-electron chi connectivity index (χ0n) is 16.2. The Hall–Kier alpha value is -0.630. The summed E-state index contributed by atoms with van der Waals surface area (Å²) in [6.45, 7) is 10.7. The van der Waals surface area contributed by atoms with Crippen LogP contribution in [-0.4, -0.2) is 37.2 Å². The van der Waals surface area contributed by atoms with Gasteiger partial charge in [0.05, 0.1) is 12.6 Å². The average Bonchev–Trinajstić information content (AvgIpc) is 2.53. The van der Waals surface area contributed by atoms with Crippen LogP contribution in [0.4, 0.5) is 0 Å². The number of aryl methyl sites for hydroxylation is 1. The van der Waals surface area contributed by atoms with Gasteiger partial charge in [-0.2, -0.15) is 11.8 Å². The van der Waals surface area contributed by atoms with Crippen molar-refractivity contribution in [3.8, 4) is 5.75 Å². The largest absolute Gasteiger partial charge is 0.491 e. The summed E-state index contributed by atoms with van der Waals surface area (Å²) in [5.41, 5.74) is 2.33. The first-order chi connectivity index (χ1) is 11.6. The Kier molecular flexibility index (Phi) is 14.2. The maximum absolute atomic E-state index is 5.93. The fourth-order valence-corrected chi connectivity index (χ4v) is 2.73. The van der Waals surface area contributed by atoms with Crippen LogP contribution in [0.2, 0.25) is 0 Å². The van der Waals surface area contributed by atoms with E-state index in [4.69, 9.17) is 9.73 Å². The Balaban J connectivity index is 0.00000576. The second kappa shape index (κ2) is 14.5. The molecular weight excluding hydrogens is 445 g/mol. The number of guanidine groups is 1. The summed E-state index contributed by atoms with van der Waals surface area (Å²) in [6.07, 6.45) is 4.71. The van der Waals surface area contributed by atoms with E-state index < -0.39 is 0 Å². The molecule has 0 spiro atoms. The van der Waals surface area contributed by atoms with E-state index in [-0.39, 0.29) is 30.1 Å². The Morgan fingerprint density at radius 1 is 1.24 bits per heavy atom. The first kappa shape index (κ1) is 24.4. The Labute approximate surface area is 175 Å². The third-order valence-electron chi connectivity index (χ3n) is 3.40. The molecule has 0 fully saturated rings. The lowest BCUT2D eigenvalue weighted by atomic mass is 10.1. The number of thioether (sulfide) groups is 1. The van der Waals surface area contributed by atoms with Crippen molar-refractivity contribution in [2.75, 3.05) is 25.1 Å². The number of nitrogens with zero attached hydrogens (tertiary/aromatic N) is 1. The van der Waals surface area contributed by atoms with Gasteiger partial charge in [-0.1, -0.05) is 12.1 Å². The van der Waals surface area contributed by atoms with Gasteiger partial charge in [0.15, 0.2) is 5.96 Å². The maximum Gasteiger partial charge on any atom is 0.191 e. The molecule has 0 amide bonds. The predicted molar refractivity (Wildman–Crippen MR) is 123 cm³/mol. The van der Waals surface area contributed by atoms with E-state index in [2.05, 4.69) is 62.8 Å².